The number of hydrogen-bond acceptors (Lipinski definition) is 4. The number of nitrogens with zero attached hydrogens (tertiary/aromatic N) is 2. The van der Waals surface area contributed by atoms with E-state index in [0.29, 0.717) is 6.04 Å². The Kier molecular flexibility index (Phi) is 4.90. The average Bonchev–Trinajstić information content (AvgIpc) is 2.78. The van der Waals surface area contributed by atoms with Crippen LogP contribution in [0.15, 0.2) is 62.8 Å². The first kappa shape index (κ1) is 16.5. The van der Waals surface area contributed by atoms with Gasteiger partial charge in [-0.15, -0.1) is 11.8 Å². The Balaban J connectivity index is 1.77. The topological polar surface area (TPSA) is 6.48 Å². The van der Waals surface area contributed by atoms with Crippen LogP contribution in [0.3, 0.4) is 0 Å². The molecular weight excluding hydrogens is 332 g/mol. The smallest absolute Gasteiger partial charge is 0.0550 e. The van der Waals surface area contributed by atoms with Gasteiger partial charge in [-0.05, 0) is 55.1 Å². The van der Waals surface area contributed by atoms with E-state index < -0.39 is 0 Å². The molecule has 0 amide bonds. The predicted molar refractivity (Wildman–Crippen MR) is 106 cm³/mol. The monoisotopic (exact) mass is 356 g/mol. The molecule has 1 aromatic carbocycles. The first-order valence-electron chi connectivity index (χ1n) is 8.61. The fourth-order valence-electron chi connectivity index (χ4n) is 3.59. The fourth-order valence-corrected chi connectivity index (χ4v) is 5.13. The number of thioether (sulfide) groups is 2. The van der Waals surface area contributed by atoms with E-state index in [9.17, 15) is 0 Å². The van der Waals surface area contributed by atoms with Gasteiger partial charge in [-0.2, -0.15) is 0 Å². The van der Waals surface area contributed by atoms with Crippen LogP contribution in [-0.2, 0) is 0 Å². The summed E-state index contributed by atoms with van der Waals surface area (Å²) in [5, 5.41) is 0. The number of likely N-dealkylation sites (N-methyl/N-ethyl adjacent to an activating group) is 1. The maximum Gasteiger partial charge on any atom is 0.0550 e. The highest BCUT2D eigenvalue weighted by molar-refractivity contribution is 8.03. The van der Waals surface area contributed by atoms with Crippen molar-refractivity contribution in [2.24, 2.45) is 0 Å². The van der Waals surface area contributed by atoms with Crippen molar-refractivity contribution < 1.29 is 0 Å². The Morgan fingerprint density at radius 3 is 2.79 bits per heavy atom. The van der Waals surface area contributed by atoms with E-state index in [-0.39, 0.29) is 0 Å². The van der Waals surface area contributed by atoms with Gasteiger partial charge in [0.15, 0.2) is 0 Å². The largest absolute Gasteiger partial charge is 0.304 e. The number of allylic oxidation sites excluding steroid dienone is 4. The van der Waals surface area contributed by atoms with Crippen molar-refractivity contribution in [1.29, 1.82) is 0 Å². The minimum absolute atomic E-state index is 0.403. The zero-order chi connectivity index (χ0) is 16.5. The Morgan fingerprint density at radius 1 is 1.17 bits per heavy atom. The van der Waals surface area contributed by atoms with Gasteiger partial charge >= 0.3 is 0 Å². The molecule has 1 saturated heterocycles. The lowest BCUT2D eigenvalue weighted by Gasteiger charge is -2.37. The highest BCUT2D eigenvalue weighted by Crippen LogP contribution is 2.45. The summed E-state index contributed by atoms with van der Waals surface area (Å²) in [6.45, 7) is 4.61. The molecule has 0 aromatic heterocycles. The Hall–Kier alpha value is -0.940. The third-order valence-electron chi connectivity index (χ3n) is 5.08. The van der Waals surface area contributed by atoms with Crippen LogP contribution in [0.5, 0.6) is 0 Å². The maximum atomic E-state index is 2.66. The maximum absolute atomic E-state index is 2.66. The summed E-state index contributed by atoms with van der Waals surface area (Å²) in [7, 11) is 2.23. The second kappa shape index (κ2) is 7.12. The van der Waals surface area contributed by atoms with E-state index >= 15 is 0 Å². The number of hydrogen-bond donors (Lipinski definition) is 0. The van der Waals surface area contributed by atoms with Crippen molar-refractivity contribution in [2.75, 3.05) is 39.5 Å². The summed E-state index contributed by atoms with van der Waals surface area (Å²) in [6.07, 6.45) is 12.5. The zero-order valence-electron chi connectivity index (χ0n) is 14.4. The molecule has 0 N–H and O–H groups in total. The van der Waals surface area contributed by atoms with Gasteiger partial charge in [-0.25, -0.2) is 0 Å². The molecule has 126 valence electrons. The van der Waals surface area contributed by atoms with Crippen LogP contribution in [0.4, 0.5) is 0 Å². The summed E-state index contributed by atoms with van der Waals surface area (Å²) in [4.78, 5) is 9.31. The molecule has 1 aromatic rings. The second-order valence-corrected chi connectivity index (χ2v) is 8.61. The highest BCUT2D eigenvalue weighted by atomic mass is 32.2. The zero-order valence-corrected chi connectivity index (χ0v) is 16.0. The normalized spacial score (nSPS) is 24.7. The predicted octanol–water partition coefficient (Wildman–Crippen LogP) is 4.57. The summed E-state index contributed by atoms with van der Waals surface area (Å²) >= 11 is 3.78. The SMILES string of the molecule is CSc1ccc2c(c1)C(N1CCN(C)CC1)C=C1CC=CC=C1S2. The van der Waals surface area contributed by atoms with Gasteiger partial charge in [0.05, 0.1) is 6.04 Å². The first-order chi connectivity index (χ1) is 11.7. The number of rotatable bonds is 2. The Labute approximate surface area is 153 Å². The molecule has 0 bridgehead atoms. The van der Waals surface area contributed by atoms with Gasteiger partial charge in [-0.1, -0.05) is 30.0 Å². The van der Waals surface area contributed by atoms with Crippen molar-refractivity contribution in [1.82, 2.24) is 9.80 Å². The van der Waals surface area contributed by atoms with Crippen molar-refractivity contribution in [2.45, 2.75) is 22.3 Å². The molecule has 2 nitrogen and oxygen atoms in total. The van der Waals surface area contributed by atoms with E-state index in [1.54, 1.807) is 0 Å². The van der Waals surface area contributed by atoms with E-state index in [0.717, 1.165) is 32.6 Å². The van der Waals surface area contributed by atoms with Crippen molar-refractivity contribution in [3.63, 3.8) is 0 Å². The van der Waals surface area contributed by atoms with Gasteiger partial charge < -0.3 is 4.90 Å². The van der Waals surface area contributed by atoms with Crippen LogP contribution in [0.2, 0.25) is 0 Å². The fraction of sp³-hybridized carbons (Fsp3) is 0.400. The third-order valence-corrected chi connectivity index (χ3v) is 7.02. The summed E-state index contributed by atoms with van der Waals surface area (Å²) in [5.41, 5.74) is 2.98. The molecule has 1 atom stereocenters. The Bertz CT molecular complexity index is 712. The molecule has 0 spiro atoms. The average molecular weight is 357 g/mol. The quantitative estimate of drug-likeness (QED) is 0.716. The van der Waals surface area contributed by atoms with Crippen molar-refractivity contribution in [3.05, 3.63) is 58.5 Å². The molecule has 0 radical (unpaired) electrons. The second-order valence-electron chi connectivity index (χ2n) is 6.64. The van der Waals surface area contributed by atoms with Crippen LogP contribution in [0.1, 0.15) is 18.0 Å². The molecule has 3 aliphatic rings. The number of benzene rings is 1. The lowest BCUT2D eigenvalue weighted by molar-refractivity contribution is 0.129. The first-order valence-corrected chi connectivity index (χ1v) is 10.6. The van der Waals surface area contributed by atoms with E-state index in [4.69, 9.17) is 0 Å². The third kappa shape index (κ3) is 3.25. The van der Waals surface area contributed by atoms with Crippen LogP contribution >= 0.6 is 23.5 Å². The van der Waals surface area contributed by atoms with Crippen LogP contribution in [0, 0.1) is 0 Å². The molecular formula is C20H24N2S2. The van der Waals surface area contributed by atoms with E-state index in [2.05, 4.69) is 65.6 Å². The minimum Gasteiger partial charge on any atom is -0.304 e. The molecule has 2 heterocycles. The van der Waals surface area contributed by atoms with Gasteiger partial charge in [0.25, 0.3) is 0 Å². The van der Waals surface area contributed by atoms with E-state index in [1.165, 1.54) is 25.8 Å². The molecule has 4 rings (SSSR count). The molecule has 1 fully saturated rings. The van der Waals surface area contributed by atoms with Crippen LogP contribution in [-0.4, -0.2) is 49.3 Å². The van der Waals surface area contributed by atoms with Crippen molar-refractivity contribution >= 4 is 23.5 Å². The van der Waals surface area contributed by atoms with Crippen LogP contribution in [0.25, 0.3) is 0 Å². The number of piperazine rings is 1. The highest BCUT2D eigenvalue weighted by Gasteiger charge is 2.28. The van der Waals surface area contributed by atoms with Gasteiger partial charge in [0.1, 0.15) is 0 Å². The minimum atomic E-state index is 0.403. The molecule has 1 aliphatic carbocycles. The summed E-state index contributed by atoms with van der Waals surface area (Å²) < 4.78 is 0. The summed E-state index contributed by atoms with van der Waals surface area (Å²) in [6, 6.07) is 7.41. The van der Waals surface area contributed by atoms with Crippen molar-refractivity contribution in [3.8, 4) is 0 Å². The van der Waals surface area contributed by atoms with E-state index in [1.807, 2.05) is 23.5 Å². The Morgan fingerprint density at radius 2 is 2.00 bits per heavy atom. The summed E-state index contributed by atoms with van der Waals surface area (Å²) in [5.74, 6) is 0. The standard InChI is InChI=1S/C20H24N2S2/c1-21-9-11-22(12-10-21)18-13-15-5-3-4-6-19(15)24-20-8-7-16(23-2)14-17(18)20/h3-4,6-8,13-14,18H,5,9-12H2,1-2H3. The number of fused-ring (bicyclic) bond motifs is 2. The van der Waals surface area contributed by atoms with Gasteiger partial charge in [0.2, 0.25) is 0 Å². The molecule has 1 unspecified atom stereocenters. The van der Waals surface area contributed by atoms with Crippen LogP contribution < -0.4 is 0 Å². The van der Waals surface area contributed by atoms with Gasteiger partial charge in [-0.3, -0.25) is 4.90 Å². The molecule has 0 saturated carbocycles. The lowest BCUT2D eigenvalue weighted by Crippen LogP contribution is -2.45. The molecule has 4 heteroatoms. The molecule has 24 heavy (non-hydrogen) atoms. The van der Waals surface area contributed by atoms with Gasteiger partial charge in [0, 0.05) is 40.9 Å². The molecule has 2 aliphatic heterocycles. The lowest BCUT2D eigenvalue weighted by atomic mass is 9.98.